The molecule has 1 heterocycles. The second kappa shape index (κ2) is 5.97. The first-order valence-corrected chi connectivity index (χ1v) is 5.74. The largest absolute Gasteiger partial charge is 0.478 e. The molecule has 0 saturated carbocycles. The van der Waals surface area contributed by atoms with Gasteiger partial charge >= 0.3 is 5.97 Å². The molecule has 0 saturated heterocycles. The van der Waals surface area contributed by atoms with Crippen molar-refractivity contribution in [1.82, 2.24) is 4.98 Å². The molecule has 5 nitrogen and oxygen atoms in total. The molecule has 0 aliphatic rings. The second-order valence-electron chi connectivity index (χ2n) is 3.95. The Balaban J connectivity index is 2.26. The van der Waals surface area contributed by atoms with E-state index in [1.807, 2.05) is 24.3 Å². The molecular formula is C14H14N2O3. The molecule has 1 aromatic heterocycles. The highest BCUT2D eigenvalue weighted by Gasteiger charge is 2.06. The maximum Gasteiger partial charge on any atom is 0.335 e. The van der Waals surface area contributed by atoms with Crippen molar-refractivity contribution in [1.29, 1.82) is 0 Å². The van der Waals surface area contributed by atoms with Crippen LogP contribution in [0.4, 0.5) is 11.5 Å². The highest BCUT2D eigenvalue weighted by Crippen LogP contribution is 2.20. The van der Waals surface area contributed by atoms with Gasteiger partial charge in [-0.2, -0.15) is 0 Å². The molecule has 2 N–H and O–H groups in total. The average molecular weight is 258 g/mol. The van der Waals surface area contributed by atoms with Gasteiger partial charge < -0.3 is 15.2 Å². The van der Waals surface area contributed by atoms with Crippen molar-refractivity contribution in [3.8, 4) is 0 Å². The van der Waals surface area contributed by atoms with E-state index in [1.165, 1.54) is 18.3 Å². The summed E-state index contributed by atoms with van der Waals surface area (Å²) in [7, 11) is 1.63. The van der Waals surface area contributed by atoms with Gasteiger partial charge in [0, 0.05) is 24.6 Å². The van der Waals surface area contributed by atoms with Crippen molar-refractivity contribution in [3.63, 3.8) is 0 Å². The lowest BCUT2D eigenvalue weighted by atomic mass is 10.2. The normalized spacial score (nSPS) is 10.2. The van der Waals surface area contributed by atoms with Crippen molar-refractivity contribution in [3.05, 3.63) is 53.7 Å². The Bertz CT molecular complexity index is 584. The molecule has 0 unspecified atom stereocenters. The van der Waals surface area contributed by atoms with Crippen LogP contribution < -0.4 is 5.32 Å². The third-order valence-electron chi connectivity index (χ3n) is 2.59. The summed E-state index contributed by atoms with van der Waals surface area (Å²) in [5.74, 6) is -0.487. The summed E-state index contributed by atoms with van der Waals surface area (Å²) >= 11 is 0. The number of nitrogens with one attached hydrogen (secondary N) is 1. The molecule has 0 aliphatic heterocycles. The molecule has 0 aliphatic carbocycles. The van der Waals surface area contributed by atoms with Gasteiger partial charge in [0.05, 0.1) is 12.2 Å². The number of hydrogen-bond acceptors (Lipinski definition) is 4. The van der Waals surface area contributed by atoms with E-state index in [0.717, 1.165) is 11.3 Å². The third kappa shape index (κ3) is 3.29. The SMILES string of the molecule is COCc1ccccc1Nc1cc(C(=O)O)ccn1. The van der Waals surface area contributed by atoms with Crippen LogP contribution in [-0.4, -0.2) is 23.2 Å². The van der Waals surface area contributed by atoms with Crippen LogP contribution >= 0.6 is 0 Å². The zero-order valence-electron chi connectivity index (χ0n) is 10.5. The lowest BCUT2D eigenvalue weighted by Gasteiger charge is -2.11. The van der Waals surface area contributed by atoms with Crippen molar-refractivity contribution < 1.29 is 14.6 Å². The van der Waals surface area contributed by atoms with Crippen LogP contribution in [0, 0.1) is 0 Å². The molecule has 0 fully saturated rings. The number of aromatic nitrogens is 1. The van der Waals surface area contributed by atoms with E-state index in [9.17, 15) is 4.79 Å². The number of aromatic carboxylic acids is 1. The van der Waals surface area contributed by atoms with Crippen molar-refractivity contribution >= 4 is 17.5 Å². The van der Waals surface area contributed by atoms with Gasteiger partial charge in [0.15, 0.2) is 0 Å². The molecular weight excluding hydrogens is 244 g/mol. The Labute approximate surface area is 110 Å². The van der Waals surface area contributed by atoms with Gasteiger partial charge in [0.2, 0.25) is 0 Å². The van der Waals surface area contributed by atoms with Gasteiger partial charge in [0.1, 0.15) is 5.82 Å². The smallest absolute Gasteiger partial charge is 0.335 e. The van der Waals surface area contributed by atoms with Gasteiger partial charge in [-0.15, -0.1) is 0 Å². The molecule has 0 radical (unpaired) electrons. The van der Waals surface area contributed by atoms with Crippen LogP contribution in [0.25, 0.3) is 0 Å². The number of ether oxygens (including phenoxy) is 1. The number of carbonyl (C=O) groups is 1. The summed E-state index contributed by atoms with van der Waals surface area (Å²) in [5.41, 5.74) is 2.02. The Hall–Kier alpha value is -2.40. The number of anilines is 2. The van der Waals surface area contributed by atoms with Gasteiger partial charge in [0.25, 0.3) is 0 Å². The first kappa shape index (κ1) is 13.0. The van der Waals surface area contributed by atoms with Crippen LogP contribution in [-0.2, 0) is 11.3 Å². The van der Waals surface area contributed by atoms with E-state index < -0.39 is 5.97 Å². The van der Waals surface area contributed by atoms with E-state index in [2.05, 4.69) is 10.3 Å². The van der Waals surface area contributed by atoms with Crippen LogP contribution in [0.1, 0.15) is 15.9 Å². The van der Waals surface area contributed by atoms with E-state index in [0.29, 0.717) is 12.4 Å². The number of carboxylic acids is 1. The molecule has 0 bridgehead atoms. The number of benzene rings is 1. The third-order valence-corrected chi connectivity index (χ3v) is 2.59. The van der Waals surface area contributed by atoms with Gasteiger partial charge in [-0.25, -0.2) is 9.78 Å². The molecule has 98 valence electrons. The first-order chi connectivity index (χ1) is 9.20. The summed E-state index contributed by atoms with van der Waals surface area (Å²) in [4.78, 5) is 15.0. The summed E-state index contributed by atoms with van der Waals surface area (Å²) < 4.78 is 5.11. The zero-order valence-corrected chi connectivity index (χ0v) is 10.5. The fraction of sp³-hybridized carbons (Fsp3) is 0.143. The van der Waals surface area contributed by atoms with Crippen molar-refractivity contribution in [2.24, 2.45) is 0 Å². The minimum Gasteiger partial charge on any atom is -0.478 e. The minimum absolute atomic E-state index is 0.196. The van der Waals surface area contributed by atoms with E-state index in [4.69, 9.17) is 9.84 Å². The Morgan fingerprint density at radius 1 is 1.37 bits per heavy atom. The Morgan fingerprint density at radius 2 is 2.16 bits per heavy atom. The first-order valence-electron chi connectivity index (χ1n) is 5.74. The number of carboxylic acid groups (broad SMARTS) is 1. The fourth-order valence-electron chi connectivity index (χ4n) is 1.69. The van der Waals surface area contributed by atoms with E-state index >= 15 is 0 Å². The number of methoxy groups -OCH3 is 1. The monoisotopic (exact) mass is 258 g/mol. The lowest BCUT2D eigenvalue weighted by molar-refractivity contribution is 0.0697. The molecule has 0 spiro atoms. The standard InChI is InChI=1S/C14H14N2O3/c1-19-9-11-4-2-3-5-12(11)16-13-8-10(14(17)18)6-7-15-13/h2-8H,9H2,1H3,(H,15,16)(H,17,18). The molecule has 19 heavy (non-hydrogen) atoms. The molecule has 1 aromatic carbocycles. The van der Waals surface area contributed by atoms with Crippen LogP contribution in [0.2, 0.25) is 0 Å². The lowest BCUT2D eigenvalue weighted by Crippen LogP contribution is -2.02. The number of pyridine rings is 1. The van der Waals surface area contributed by atoms with Crippen LogP contribution in [0.15, 0.2) is 42.6 Å². The average Bonchev–Trinajstić information content (AvgIpc) is 2.41. The predicted molar refractivity (Wildman–Crippen MR) is 71.6 cm³/mol. The van der Waals surface area contributed by atoms with Gasteiger partial charge in [-0.1, -0.05) is 18.2 Å². The zero-order chi connectivity index (χ0) is 13.7. The highest BCUT2D eigenvalue weighted by molar-refractivity contribution is 5.88. The maximum atomic E-state index is 10.9. The summed E-state index contributed by atoms with van der Waals surface area (Å²) in [5, 5.41) is 12.0. The van der Waals surface area contributed by atoms with Crippen molar-refractivity contribution in [2.75, 3.05) is 12.4 Å². The van der Waals surface area contributed by atoms with Gasteiger partial charge in [-0.05, 0) is 18.2 Å². The maximum absolute atomic E-state index is 10.9. The van der Waals surface area contributed by atoms with Crippen LogP contribution in [0.5, 0.6) is 0 Å². The summed E-state index contributed by atoms with van der Waals surface area (Å²) in [6.45, 7) is 0.474. The quantitative estimate of drug-likeness (QED) is 0.862. The summed E-state index contributed by atoms with van der Waals surface area (Å²) in [6, 6.07) is 10.6. The van der Waals surface area contributed by atoms with Crippen molar-refractivity contribution in [2.45, 2.75) is 6.61 Å². The summed E-state index contributed by atoms with van der Waals surface area (Å²) in [6.07, 6.45) is 1.46. The fourth-order valence-corrected chi connectivity index (χ4v) is 1.69. The minimum atomic E-state index is -0.976. The van der Waals surface area contributed by atoms with Crippen LogP contribution in [0.3, 0.4) is 0 Å². The predicted octanol–water partition coefficient (Wildman–Crippen LogP) is 2.67. The van der Waals surface area contributed by atoms with E-state index in [1.54, 1.807) is 7.11 Å². The topological polar surface area (TPSA) is 71.5 Å². The Morgan fingerprint density at radius 3 is 2.89 bits per heavy atom. The highest BCUT2D eigenvalue weighted by atomic mass is 16.5. The number of rotatable bonds is 5. The Kier molecular flexibility index (Phi) is 4.10. The number of hydrogen-bond donors (Lipinski definition) is 2. The molecule has 0 amide bonds. The molecule has 2 rings (SSSR count). The molecule has 0 atom stereocenters. The molecule has 5 heteroatoms. The van der Waals surface area contributed by atoms with E-state index in [-0.39, 0.29) is 5.56 Å². The second-order valence-corrected chi connectivity index (χ2v) is 3.95. The molecule has 2 aromatic rings. The number of nitrogens with zero attached hydrogens (tertiary/aromatic N) is 1. The van der Waals surface area contributed by atoms with Gasteiger partial charge in [-0.3, -0.25) is 0 Å². The number of para-hydroxylation sites is 1.